The number of hydrogen-bond acceptors (Lipinski definition) is 4. The smallest absolute Gasteiger partial charge is 0.315 e. The van der Waals surface area contributed by atoms with Crippen LogP contribution >= 0.6 is 0 Å². The van der Waals surface area contributed by atoms with E-state index in [9.17, 15) is 9.18 Å². The van der Waals surface area contributed by atoms with Crippen LogP contribution < -0.4 is 20.1 Å². The van der Waals surface area contributed by atoms with Gasteiger partial charge in [-0.3, -0.25) is 4.98 Å². The molecule has 0 spiro atoms. The van der Waals surface area contributed by atoms with Crippen LogP contribution in [0.4, 0.5) is 9.18 Å². The molecule has 1 aliphatic rings. The first-order valence-electron chi connectivity index (χ1n) is 7.59. The van der Waals surface area contributed by atoms with Crippen molar-refractivity contribution in [2.24, 2.45) is 0 Å². The molecule has 1 unspecified atom stereocenters. The Balaban J connectivity index is 1.54. The summed E-state index contributed by atoms with van der Waals surface area (Å²) in [6.07, 6.45) is 2.16. The number of pyridine rings is 1. The van der Waals surface area contributed by atoms with Gasteiger partial charge >= 0.3 is 6.03 Å². The van der Waals surface area contributed by atoms with E-state index in [4.69, 9.17) is 9.47 Å². The van der Waals surface area contributed by atoms with Crippen LogP contribution in [-0.2, 0) is 13.0 Å². The van der Waals surface area contributed by atoms with Crippen LogP contribution in [-0.4, -0.2) is 30.8 Å². The fourth-order valence-electron chi connectivity index (χ4n) is 2.60. The molecule has 0 saturated carbocycles. The molecule has 0 radical (unpaired) electrons. The molecule has 0 aliphatic carbocycles. The molecule has 2 heterocycles. The van der Waals surface area contributed by atoms with Gasteiger partial charge in [0.25, 0.3) is 0 Å². The second kappa shape index (κ2) is 7.16. The van der Waals surface area contributed by atoms with Gasteiger partial charge in [-0.1, -0.05) is 0 Å². The van der Waals surface area contributed by atoms with Gasteiger partial charge in [0.1, 0.15) is 29.6 Å². The van der Waals surface area contributed by atoms with Crippen molar-refractivity contribution in [3.8, 4) is 11.5 Å². The van der Waals surface area contributed by atoms with Crippen molar-refractivity contribution < 1.29 is 18.7 Å². The first-order chi connectivity index (χ1) is 11.7. The number of carbonyl (C=O) groups excluding carboxylic acids is 1. The van der Waals surface area contributed by atoms with Crippen LogP contribution in [0, 0.1) is 5.82 Å². The third-order valence-electron chi connectivity index (χ3n) is 3.75. The van der Waals surface area contributed by atoms with Crippen molar-refractivity contribution in [2.75, 3.05) is 13.7 Å². The van der Waals surface area contributed by atoms with Gasteiger partial charge in [-0.2, -0.15) is 0 Å². The fourth-order valence-corrected chi connectivity index (χ4v) is 2.60. The predicted molar refractivity (Wildman–Crippen MR) is 85.5 cm³/mol. The first-order valence-corrected chi connectivity index (χ1v) is 7.59. The molecule has 0 bridgehead atoms. The molecule has 1 aromatic carbocycles. The highest BCUT2D eigenvalue weighted by Gasteiger charge is 2.22. The summed E-state index contributed by atoms with van der Waals surface area (Å²) in [7, 11) is 1.55. The van der Waals surface area contributed by atoms with E-state index in [0.29, 0.717) is 30.2 Å². The van der Waals surface area contributed by atoms with E-state index in [1.54, 1.807) is 31.5 Å². The largest absolute Gasteiger partial charge is 0.495 e. The predicted octanol–water partition coefficient (Wildman–Crippen LogP) is 2.03. The molecule has 126 valence electrons. The summed E-state index contributed by atoms with van der Waals surface area (Å²) >= 11 is 0. The number of benzene rings is 1. The number of methoxy groups -OCH3 is 1. The van der Waals surface area contributed by atoms with Crippen LogP contribution in [0.3, 0.4) is 0 Å². The number of nitrogens with zero attached hydrogens (tertiary/aromatic N) is 1. The zero-order chi connectivity index (χ0) is 16.9. The summed E-state index contributed by atoms with van der Waals surface area (Å²) in [6.45, 7) is 0.591. The molecule has 3 rings (SSSR count). The van der Waals surface area contributed by atoms with E-state index >= 15 is 0 Å². The number of aromatic nitrogens is 1. The average Bonchev–Trinajstić information content (AvgIpc) is 2.60. The third-order valence-corrected chi connectivity index (χ3v) is 3.75. The van der Waals surface area contributed by atoms with E-state index < -0.39 is 0 Å². The van der Waals surface area contributed by atoms with Gasteiger partial charge in [-0.15, -0.1) is 0 Å². The van der Waals surface area contributed by atoms with E-state index in [1.165, 1.54) is 12.1 Å². The molecule has 6 nitrogen and oxygen atoms in total. The standard InChI is InChI=1S/C17H18FN3O3/c1-23-16-3-2-6-19-14(16)9-20-17(22)21-13-8-11-7-12(18)4-5-15(11)24-10-13/h2-7,13H,8-10H2,1H3,(H2,20,21,22). The summed E-state index contributed by atoms with van der Waals surface area (Å²) in [5.41, 5.74) is 1.39. The Bertz CT molecular complexity index is 739. The molecule has 1 aliphatic heterocycles. The SMILES string of the molecule is COc1cccnc1CNC(=O)NC1COc2ccc(F)cc2C1. The molecule has 2 aromatic rings. The summed E-state index contributed by atoms with van der Waals surface area (Å²) in [5.74, 6) is 0.959. The van der Waals surface area contributed by atoms with Crippen LogP contribution in [0.1, 0.15) is 11.3 Å². The lowest BCUT2D eigenvalue weighted by molar-refractivity contribution is 0.214. The van der Waals surface area contributed by atoms with Crippen molar-refractivity contribution in [2.45, 2.75) is 19.0 Å². The summed E-state index contributed by atoms with van der Waals surface area (Å²) in [5, 5.41) is 5.55. The molecule has 0 fully saturated rings. The minimum absolute atomic E-state index is 0.218. The number of amides is 2. The van der Waals surface area contributed by atoms with Crippen molar-refractivity contribution in [1.82, 2.24) is 15.6 Å². The average molecular weight is 331 g/mol. The van der Waals surface area contributed by atoms with Gasteiger partial charge < -0.3 is 20.1 Å². The number of fused-ring (bicyclic) bond motifs is 1. The maximum atomic E-state index is 13.3. The van der Waals surface area contributed by atoms with Crippen molar-refractivity contribution in [3.05, 3.63) is 53.6 Å². The summed E-state index contributed by atoms with van der Waals surface area (Å²) in [4.78, 5) is 16.2. The number of rotatable bonds is 4. The van der Waals surface area contributed by atoms with Gasteiger partial charge in [0, 0.05) is 6.20 Å². The van der Waals surface area contributed by atoms with Gasteiger partial charge in [0.15, 0.2) is 0 Å². The quantitative estimate of drug-likeness (QED) is 0.899. The van der Waals surface area contributed by atoms with Gasteiger partial charge in [-0.05, 0) is 42.3 Å². The highest BCUT2D eigenvalue weighted by atomic mass is 19.1. The van der Waals surface area contributed by atoms with Crippen LogP contribution in [0.2, 0.25) is 0 Å². The Morgan fingerprint density at radius 3 is 3.17 bits per heavy atom. The number of hydrogen-bond donors (Lipinski definition) is 2. The monoisotopic (exact) mass is 331 g/mol. The van der Waals surface area contributed by atoms with Crippen LogP contribution in [0.15, 0.2) is 36.5 Å². The summed E-state index contributed by atoms with van der Waals surface area (Å²) in [6, 6.07) is 7.38. The third kappa shape index (κ3) is 3.73. The molecule has 24 heavy (non-hydrogen) atoms. The molecular weight excluding hydrogens is 313 g/mol. The highest BCUT2D eigenvalue weighted by molar-refractivity contribution is 5.74. The molecular formula is C17H18FN3O3. The van der Waals surface area contributed by atoms with E-state index in [0.717, 1.165) is 5.56 Å². The second-order valence-corrected chi connectivity index (χ2v) is 5.44. The molecule has 2 N–H and O–H groups in total. The minimum Gasteiger partial charge on any atom is -0.495 e. The van der Waals surface area contributed by atoms with Gasteiger partial charge in [0.05, 0.1) is 19.7 Å². The summed E-state index contributed by atoms with van der Waals surface area (Å²) < 4.78 is 24.0. The molecule has 1 aromatic heterocycles. The lowest BCUT2D eigenvalue weighted by Crippen LogP contribution is -2.47. The second-order valence-electron chi connectivity index (χ2n) is 5.44. The lowest BCUT2D eigenvalue weighted by Gasteiger charge is -2.26. The molecule has 2 amide bonds. The topological polar surface area (TPSA) is 72.5 Å². The number of carbonyl (C=O) groups is 1. The van der Waals surface area contributed by atoms with Crippen LogP contribution in [0.5, 0.6) is 11.5 Å². The Kier molecular flexibility index (Phi) is 4.79. The van der Waals surface area contributed by atoms with Crippen LogP contribution in [0.25, 0.3) is 0 Å². The lowest BCUT2D eigenvalue weighted by atomic mass is 10.0. The number of halogens is 1. The van der Waals surface area contributed by atoms with Crippen molar-refractivity contribution in [3.63, 3.8) is 0 Å². The first kappa shape index (κ1) is 16.0. The zero-order valence-corrected chi connectivity index (χ0v) is 13.2. The Morgan fingerprint density at radius 1 is 1.46 bits per heavy atom. The maximum absolute atomic E-state index is 13.3. The number of ether oxygens (including phenoxy) is 2. The molecule has 1 atom stereocenters. The Labute approximate surface area is 139 Å². The van der Waals surface area contributed by atoms with Gasteiger partial charge in [-0.25, -0.2) is 9.18 Å². The number of nitrogens with one attached hydrogen (secondary N) is 2. The minimum atomic E-state index is -0.337. The fraction of sp³-hybridized carbons (Fsp3) is 0.294. The maximum Gasteiger partial charge on any atom is 0.315 e. The normalized spacial score (nSPS) is 15.8. The van der Waals surface area contributed by atoms with E-state index in [1.807, 2.05) is 0 Å². The number of urea groups is 1. The molecule has 0 saturated heterocycles. The van der Waals surface area contributed by atoms with E-state index in [-0.39, 0.29) is 24.4 Å². The van der Waals surface area contributed by atoms with Crippen molar-refractivity contribution >= 4 is 6.03 Å². The van der Waals surface area contributed by atoms with E-state index in [2.05, 4.69) is 15.6 Å². The zero-order valence-electron chi connectivity index (χ0n) is 13.2. The Hall–Kier alpha value is -2.83. The molecule has 7 heteroatoms. The Morgan fingerprint density at radius 2 is 2.33 bits per heavy atom. The van der Waals surface area contributed by atoms with Crippen molar-refractivity contribution in [1.29, 1.82) is 0 Å². The van der Waals surface area contributed by atoms with Gasteiger partial charge in [0.2, 0.25) is 0 Å². The highest BCUT2D eigenvalue weighted by Crippen LogP contribution is 2.25.